The van der Waals surface area contributed by atoms with Crippen LogP contribution in [0.5, 0.6) is 11.5 Å². The van der Waals surface area contributed by atoms with Gasteiger partial charge in [-0.15, -0.1) is 0 Å². The van der Waals surface area contributed by atoms with Crippen molar-refractivity contribution in [3.05, 3.63) is 23.5 Å². The minimum absolute atomic E-state index is 0.188. The van der Waals surface area contributed by atoms with Gasteiger partial charge in [-0.25, -0.2) is 4.39 Å². The van der Waals surface area contributed by atoms with Crippen molar-refractivity contribution in [1.82, 2.24) is 0 Å². The van der Waals surface area contributed by atoms with Crippen LogP contribution in [0.3, 0.4) is 0 Å². The maximum Gasteiger partial charge on any atom is 0.304 e. The molecule has 100 valence electrons. The Kier molecular flexibility index (Phi) is 4.16. The highest BCUT2D eigenvalue weighted by atomic mass is 19.1. The third kappa shape index (κ3) is 2.91. The zero-order chi connectivity index (χ0) is 13.9. The SMILES string of the molecule is COc1cc(F)c(C(C)(C)CC(=O)O)c(OC)c1. The van der Waals surface area contributed by atoms with Gasteiger partial charge < -0.3 is 14.6 Å². The highest BCUT2D eigenvalue weighted by Gasteiger charge is 2.31. The van der Waals surface area contributed by atoms with Gasteiger partial charge in [0.1, 0.15) is 17.3 Å². The highest BCUT2D eigenvalue weighted by molar-refractivity contribution is 5.69. The maximum absolute atomic E-state index is 14.1. The second-order valence-corrected chi connectivity index (χ2v) is 4.64. The highest BCUT2D eigenvalue weighted by Crippen LogP contribution is 2.38. The number of benzene rings is 1. The van der Waals surface area contributed by atoms with Crippen LogP contribution in [0.25, 0.3) is 0 Å². The van der Waals surface area contributed by atoms with Gasteiger partial charge in [-0.2, -0.15) is 0 Å². The summed E-state index contributed by atoms with van der Waals surface area (Å²) in [5, 5.41) is 8.88. The molecule has 0 atom stereocenters. The van der Waals surface area contributed by atoms with Gasteiger partial charge in [0.25, 0.3) is 0 Å². The standard InChI is InChI=1S/C13H17FO4/c1-13(2,7-11(15)16)12-9(14)5-8(17-3)6-10(12)18-4/h5-6H,7H2,1-4H3,(H,15,16). The van der Waals surface area contributed by atoms with Crippen molar-refractivity contribution in [2.75, 3.05) is 14.2 Å². The Bertz CT molecular complexity index is 455. The molecule has 0 bridgehead atoms. The predicted molar refractivity (Wildman–Crippen MR) is 64.8 cm³/mol. The van der Waals surface area contributed by atoms with Gasteiger partial charge in [0, 0.05) is 23.1 Å². The monoisotopic (exact) mass is 256 g/mol. The first-order valence-electron chi connectivity index (χ1n) is 5.45. The maximum atomic E-state index is 14.1. The van der Waals surface area contributed by atoms with Gasteiger partial charge >= 0.3 is 5.97 Å². The van der Waals surface area contributed by atoms with Crippen molar-refractivity contribution >= 4 is 5.97 Å². The smallest absolute Gasteiger partial charge is 0.304 e. The number of carboxylic acid groups (broad SMARTS) is 1. The van der Waals surface area contributed by atoms with Crippen LogP contribution < -0.4 is 9.47 Å². The van der Waals surface area contributed by atoms with E-state index in [1.165, 1.54) is 20.3 Å². The first-order chi connectivity index (χ1) is 8.31. The molecule has 0 aromatic heterocycles. The summed E-state index contributed by atoms with van der Waals surface area (Å²) in [4.78, 5) is 10.8. The molecule has 1 rings (SSSR count). The summed E-state index contributed by atoms with van der Waals surface area (Å²) in [7, 11) is 2.84. The normalized spacial score (nSPS) is 11.2. The van der Waals surface area contributed by atoms with Crippen LogP contribution >= 0.6 is 0 Å². The van der Waals surface area contributed by atoms with E-state index in [1.54, 1.807) is 19.9 Å². The van der Waals surface area contributed by atoms with Crippen LogP contribution in [-0.2, 0) is 10.2 Å². The molecule has 0 unspecified atom stereocenters. The molecular weight excluding hydrogens is 239 g/mol. The molecule has 0 amide bonds. The summed E-state index contributed by atoms with van der Waals surface area (Å²) >= 11 is 0. The lowest BCUT2D eigenvalue weighted by Crippen LogP contribution is -2.24. The fraction of sp³-hybridized carbons (Fsp3) is 0.462. The van der Waals surface area contributed by atoms with Gasteiger partial charge in [0.15, 0.2) is 0 Å². The Hall–Kier alpha value is -1.78. The van der Waals surface area contributed by atoms with E-state index in [0.29, 0.717) is 5.75 Å². The average Bonchev–Trinajstić information content (AvgIpc) is 2.25. The molecular formula is C13H17FO4. The zero-order valence-electron chi connectivity index (χ0n) is 10.9. The van der Waals surface area contributed by atoms with Crippen LogP contribution in [0.1, 0.15) is 25.8 Å². The number of carbonyl (C=O) groups is 1. The summed E-state index contributed by atoms with van der Waals surface area (Å²) < 4.78 is 24.2. The number of halogens is 1. The lowest BCUT2D eigenvalue weighted by atomic mass is 9.80. The second-order valence-electron chi connectivity index (χ2n) is 4.64. The Labute approximate surface area is 105 Å². The minimum atomic E-state index is -0.989. The van der Waals surface area contributed by atoms with Crippen molar-refractivity contribution in [2.24, 2.45) is 0 Å². The topological polar surface area (TPSA) is 55.8 Å². The minimum Gasteiger partial charge on any atom is -0.497 e. The van der Waals surface area contributed by atoms with E-state index in [-0.39, 0.29) is 17.7 Å². The van der Waals surface area contributed by atoms with Gasteiger partial charge in [0.2, 0.25) is 0 Å². The Morgan fingerprint density at radius 2 is 1.94 bits per heavy atom. The number of hydrogen-bond acceptors (Lipinski definition) is 3. The van der Waals surface area contributed by atoms with E-state index in [1.807, 2.05) is 0 Å². The molecule has 5 heteroatoms. The molecule has 0 fully saturated rings. The number of hydrogen-bond donors (Lipinski definition) is 1. The number of ether oxygens (including phenoxy) is 2. The largest absolute Gasteiger partial charge is 0.497 e. The van der Waals surface area contributed by atoms with E-state index in [0.717, 1.165) is 0 Å². The summed E-state index contributed by atoms with van der Waals surface area (Å²) in [6, 6.07) is 2.77. The van der Waals surface area contributed by atoms with Crippen LogP contribution in [0.15, 0.2) is 12.1 Å². The van der Waals surface area contributed by atoms with Crippen LogP contribution in [0.4, 0.5) is 4.39 Å². The van der Waals surface area contributed by atoms with Crippen molar-refractivity contribution in [3.8, 4) is 11.5 Å². The molecule has 1 aromatic rings. The third-order valence-corrected chi connectivity index (χ3v) is 2.75. The Morgan fingerprint density at radius 1 is 1.33 bits per heavy atom. The Morgan fingerprint density at radius 3 is 2.39 bits per heavy atom. The molecule has 4 nitrogen and oxygen atoms in total. The summed E-state index contributed by atoms with van der Waals surface area (Å²) in [6.07, 6.45) is -0.188. The van der Waals surface area contributed by atoms with Crippen molar-refractivity contribution in [3.63, 3.8) is 0 Å². The number of methoxy groups -OCH3 is 2. The van der Waals surface area contributed by atoms with E-state index >= 15 is 0 Å². The van der Waals surface area contributed by atoms with Crippen molar-refractivity contribution in [1.29, 1.82) is 0 Å². The fourth-order valence-corrected chi connectivity index (χ4v) is 1.96. The quantitative estimate of drug-likeness (QED) is 0.879. The summed E-state index contributed by atoms with van der Waals surface area (Å²) in [5.74, 6) is -0.896. The van der Waals surface area contributed by atoms with E-state index in [9.17, 15) is 9.18 Å². The zero-order valence-corrected chi connectivity index (χ0v) is 10.9. The van der Waals surface area contributed by atoms with Gasteiger partial charge in [0.05, 0.1) is 20.6 Å². The molecule has 0 saturated heterocycles. The van der Waals surface area contributed by atoms with Crippen molar-refractivity contribution in [2.45, 2.75) is 25.7 Å². The lowest BCUT2D eigenvalue weighted by Gasteiger charge is -2.26. The van der Waals surface area contributed by atoms with Gasteiger partial charge in [-0.1, -0.05) is 13.8 Å². The summed E-state index contributed by atoms with van der Waals surface area (Å²) in [6.45, 7) is 3.32. The van der Waals surface area contributed by atoms with Crippen LogP contribution in [-0.4, -0.2) is 25.3 Å². The average molecular weight is 256 g/mol. The lowest BCUT2D eigenvalue weighted by molar-refractivity contribution is -0.138. The van der Waals surface area contributed by atoms with E-state index < -0.39 is 17.2 Å². The second kappa shape index (κ2) is 5.25. The molecule has 1 N–H and O–H groups in total. The first-order valence-corrected chi connectivity index (χ1v) is 5.45. The first kappa shape index (κ1) is 14.3. The molecule has 18 heavy (non-hydrogen) atoms. The number of carboxylic acids is 1. The van der Waals surface area contributed by atoms with Crippen molar-refractivity contribution < 1.29 is 23.8 Å². The number of rotatable bonds is 5. The predicted octanol–water partition coefficient (Wildman–Crippen LogP) is 2.60. The summed E-state index contributed by atoms with van der Waals surface area (Å²) in [5.41, 5.74) is -0.624. The molecule has 0 spiro atoms. The molecule has 0 aliphatic rings. The molecule has 0 aliphatic heterocycles. The fourth-order valence-electron chi connectivity index (χ4n) is 1.96. The van der Waals surface area contributed by atoms with E-state index in [2.05, 4.69) is 0 Å². The van der Waals surface area contributed by atoms with Crippen LogP contribution in [0.2, 0.25) is 0 Å². The number of aliphatic carboxylic acids is 1. The van der Waals surface area contributed by atoms with Crippen LogP contribution in [0, 0.1) is 5.82 Å². The molecule has 0 aliphatic carbocycles. The molecule has 0 saturated carbocycles. The van der Waals surface area contributed by atoms with Gasteiger partial charge in [-0.05, 0) is 0 Å². The van der Waals surface area contributed by atoms with Gasteiger partial charge in [-0.3, -0.25) is 4.79 Å². The molecule has 0 radical (unpaired) electrons. The molecule has 0 heterocycles. The Balaban J connectivity index is 3.34. The van der Waals surface area contributed by atoms with E-state index in [4.69, 9.17) is 14.6 Å². The molecule has 1 aromatic carbocycles. The third-order valence-electron chi connectivity index (χ3n) is 2.75.